The number of aliphatic hydroxyl groups is 1. The molecule has 23 heavy (non-hydrogen) atoms. The molecule has 1 rings (SSSR count). The van der Waals surface area contributed by atoms with Crippen LogP contribution in [-0.2, 0) is 6.54 Å². The van der Waals surface area contributed by atoms with E-state index in [0.717, 1.165) is 0 Å². The summed E-state index contributed by atoms with van der Waals surface area (Å²) in [4.78, 5) is 11.9. The number of benzene rings is 1. The van der Waals surface area contributed by atoms with Crippen LogP contribution in [-0.4, -0.2) is 30.4 Å². The minimum absolute atomic E-state index is 0.00108. The first-order valence-corrected chi connectivity index (χ1v) is 7.81. The number of ether oxygens (including phenoxy) is 1. The summed E-state index contributed by atoms with van der Waals surface area (Å²) in [5.41, 5.74) is 0.635. The van der Waals surface area contributed by atoms with Gasteiger partial charge in [0.15, 0.2) is 11.6 Å². The monoisotopic (exact) mass is 326 g/mol. The number of halogens is 1. The molecule has 0 aliphatic heterocycles. The van der Waals surface area contributed by atoms with E-state index in [1.807, 2.05) is 20.8 Å². The second kappa shape index (κ2) is 8.72. The van der Waals surface area contributed by atoms with E-state index in [4.69, 9.17) is 4.74 Å². The molecule has 0 aliphatic carbocycles. The van der Waals surface area contributed by atoms with Gasteiger partial charge in [0.2, 0.25) is 0 Å². The largest absolute Gasteiger partial charge is 0.491 e. The second-order valence-electron chi connectivity index (χ2n) is 6.67. The van der Waals surface area contributed by atoms with Crippen molar-refractivity contribution in [1.29, 1.82) is 0 Å². The fourth-order valence-corrected chi connectivity index (χ4v) is 2.25. The molecule has 1 unspecified atom stereocenters. The van der Waals surface area contributed by atoms with Crippen molar-refractivity contribution in [2.45, 2.75) is 46.7 Å². The van der Waals surface area contributed by atoms with E-state index >= 15 is 0 Å². The van der Waals surface area contributed by atoms with Gasteiger partial charge in [-0.1, -0.05) is 26.8 Å². The van der Waals surface area contributed by atoms with Gasteiger partial charge in [0.1, 0.15) is 0 Å². The third-order valence-corrected chi connectivity index (χ3v) is 3.16. The molecular weight excluding hydrogens is 299 g/mol. The van der Waals surface area contributed by atoms with Gasteiger partial charge in [0, 0.05) is 6.54 Å². The zero-order valence-corrected chi connectivity index (χ0v) is 14.3. The van der Waals surface area contributed by atoms with Crippen molar-refractivity contribution in [3.8, 4) is 5.75 Å². The second-order valence-corrected chi connectivity index (χ2v) is 6.67. The molecule has 0 aliphatic rings. The number of carbonyl (C=O) groups excluding carboxylic acids is 1. The van der Waals surface area contributed by atoms with Crippen LogP contribution < -0.4 is 15.4 Å². The van der Waals surface area contributed by atoms with Gasteiger partial charge >= 0.3 is 6.03 Å². The quantitative estimate of drug-likeness (QED) is 0.721. The zero-order valence-electron chi connectivity index (χ0n) is 14.3. The van der Waals surface area contributed by atoms with Crippen LogP contribution in [0.1, 0.15) is 39.7 Å². The molecule has 1 atom stereocenters. The molecule has 0 heterocycles. The van der Waals surface area contributed by atoms with Crippen molar-refractivity contribution >= 4 is 6.03 Å². The Morgan fingerprint density at radius 1 is 1.39 bits per heavy atom. The first kappa shape index (κ1) is 19.2. The number of aliphatic hydroxyl groups excluding tert-OH is 1. The first-order chi connectivity index (χ1) is 10.7. The van der Waals surface area contributed by atoms with Crippen LogP contribution in [0.15, 0.2) is 18.2 Å². The van der Waals surface area contributed by atoms with Crippen molar-refractivity contribution in [3.05, 3.63) is 29.6 Å². The summed E-state index contributed by atoms with van der Waals surface area (Å²) in [6, 6.07) is 3.88. The minimum Gasteiger partial charge on any atom is -0.491 e. The summed E-state index contributed by atoms with van der Waals surface area (Å²) in [7, 11) is 0. The molecular formula is C17H27FN2O3. The van der Waals surface area contributed by atoms with E-state index in [0.29, 0.717) is 18.6 Å². The lowest BCUT2D eigenvalue weighted by molar-refractivity contribution is 0.190. The molecule has 0 radical (unpaired) electrons. The Morgan fingerprint density at radius 2 is 2.09 bits per heavy atom. The summed E-state index contributed by atoms with van der Waals surface area (Å²) in [5.74, 6) is -0.251. The van der Waals surface area contributed by atoms with Gasteiger partial charge in [-0.2, -0.15) is 0 Å². The molecule has 3 N–H and O–H groups in total. The Hall–Kier alpha value is -1.82. The minimum atomic E-state index is -0.451. The maximum Gasteiger partial charge on any atom is 0.315 e. The SMILES string of the molecule is CCOc1ccc(CNC(=O)NC(CO)CC(C)(C)C)cc1F. The number of hydrogen-bond donors (Lipinski definition) is 3. The Balaban J connectivity index is 2.51. The number of carbonyl (C=O) groups is 1. The first-order valence-electron chi connectivity index (χ1n) is 7.81. The van der Waals surface area contributed by atoms with E-state index in [2.05, 4.69) is 10.6 Å². The molecule has 1 aromatic carbocycles. The normalized spacial score (nSPS) is 12.6. The average Bonchev–Trinajstić information content (AvgIpc) is 2.45. The molecule has 0 bridgehead atoms. The molecule has 0 aromatic heterocycles. The van der Waals surface area contributed by atoms with Gasteiger partial charge in [-0.25, -0.2) is 9.18 Å². The van der Waals surface area contributed by atoms with Crippen LogP contribution in [0.5, 0.6) is 5.75 Å². The highest BCUT2D eigenvalue weighted by Gasteiger charge is 2.19. The van der Waals surface area contributed by atoms with Gasteiger partial charge < -0.3 is 20.5 Å². The third kappa shape index (κ3) is 7.32. The number of urea groups is 1. The van der Waals surface area contributed by atoms with Crippen LogP contribution in [0.2, 0.25) is 0 Å². The maximum atomic E-state index is 13.7. The molecule has 130 valence electrons. The highest BCUT2D eigenvalue weighted by molar-refractivity contribution is 5.74. The number of amides is 2. The van der Waals surface area contributed by atoms with Crippen molar-refractivity contribution < 1.29 is 19.0 Å². The summed E-state index contributed by atoms with van der Waals surface area (Å²) in [6.07, 6.45) is 0.661. The van der Waals surface area contributed by atoms with E-state index in [1.165, 1.54) is 6.07 Å². The summed E-state index contributed by atoms with van der Waals surface area (Å²) < 4.78 is 18.9. The number of rotatable bonds is 7. The third-order valence-electron chi connectivity index (χ3n) is 3.16. The smallest absolute Gasteiger partial charge is 0.315 e. The lowest BCUT2D eigenvalue weighted by Crippen LogP contribution is -2.45. The highest BCUT2D eigenvalue weighted by atomic mass is 19.1. The molecule has 0 spiro atoms. The fourth-order valence-electron chi connectivity index (χ4n) is 2.25. The zero-order chi connectivity index (χ0) is 17.5. The van der Waals surface area contributed by atoms with E-state index < -0.39 is 5.82 Å². The van der Waals surface area contributed by atoms with Crippen LogP contribution in [0.25, 0.3) is 0 Å². The van der Waals surface area contributed by atoms with E-state index in [-0.39, 0.29) is 36.4 Å². The lowest BCUT2D eigenvalue weighted by Gasteiger charge is -2.25. The lowest BCUT2D eigenvalue weighted by atomic mass is 9.88. The Morgan fingerprint density at radius 3 is 2.61 bits per heavy atom. The van der Waals surface area contributed by atoms with Crippen molar-refractivity contribution in [3.63, 3.8) is 0 Å². The van der Waals surface area contributed by atoms with Crippen molar-refractivity contribution in [1.82, 2.24) is 10.6 Å². The average molecular weight is 326 g/mol. The van der Waals surface area contributed by atoms with Crippen LogP contribution in [0, 0.1) is 11.2 Å². The maximum absolute atomic E-state index is 13.7. The van der Waals surface area contributed by atoms with Gasteiger partial charge in [-0.3, -0.25) is 0 Å². The standard InChI is InChI=1S/C17H27FN2O3/c1-5-23-15-7-6-12(8-14(15)18)10-19-16(22)20-13(11-21)9-17(2,3)4/h6-8,13,21H,5,9-11H2,1-4H3,(H2,19,20,22). The number of hydrogen-bond acceptors (Lipinski definition) is 3. The van der Waals surface area contributed by atoms with Crippen LogP contribution >= 0.6 is 0 Å². The van der Waals surface area contributed by atoms with Gasteiger partial charge in [-0.15, -0.1) is 0 Å². The Kier molecular flexibility index (Phi) is 7.29. The van der Waals surface area contributed by atoms with E-state index in [9.17, 15) is 14.3 Å². The molecule has 6 heteroatoms. The predicted octanol–water partition coefficient (Wildman–Crippen LogP) is 2.82. The molecule has 0 saturated carbocycles. The Labute approximate surface area is 137 Å². The fraction of sp³-hybridized carbons (Fsp3) is 0.588. The topological polar surface area (TPSA) is 70.6 Å². The van der Waals surface area contributed by atoms with Crippen molar-refractivity contribution in [2.24, 2.45) is 5.41 Å². The summed E-state index contributed by atoms with van der Waals surface area (Å²) in [5, 5.41) is 14.7. The van der Waals surface area contributed by atoms with Crippen LogP contribution in [0.4, 0.5) is 9.18 Å². The molecule has 0 fully saturated rings. The number of nitrogens with one attached hydrogen (secondary N) is 2. The van der Waals surface area contributed by atoms with Gasteiger partial charge in [-0.05, 0) is 36.5 Å². The van der Waals surface area contributed by atoms with Gasteiger partial charge in [0.25, 0.3) is 0 Å². The molecule has 5 nitrogen and oxygen atoms in total. The molecule has 1 aromatic rings. The van der Waals surface area contributed by atoms with E-state index in [1.54, 1.807) is 19.1 Å². The van der Waals surface area contributed by atoms with Crippen molar-refractivity contribution in [2.75, 3.05) is 13.2 Å². The summed E-state index contributed by atoms with van der Waals surface area (Å²) >= 11 is 0. The molecule has 2 amide bonds. The Bertz CT molecular complexity index is 515. The highest BCUT2D eigenvalue weighted by Crippen LogP contribution is 2.20. The van der Waals surface area contributed by atoms with Gasteiger partial charge in [0.05, 0.1) is 19.3 Å². The van der Waals surface area contributed by atoms with Crippen LogP contribution in [0.3, 0.4) is 0 Å². The predicted molar refractivity (Wildman–Crippen MR) is 87.9 cm³/mol. The molecule has 0 saturated heterocycles. The summed E-state index contributed by atoms with van der Waals surface area (Å²) in [6.45, 7) is 8.38.